The van der Waals surface area contributed by atoms with Crippen LogP contribution in [0.2, 0.25) is 10.0 Å². The average molecular weight is 459 g/mol. The van der Waals surface area contributed by atoms with Crippen molar-refractivity contribution in [1.82, 2.24) is 0 Å². The summed E-state index contributed by atoms with van der Waals surface area (Å²) in [6.07, 6.45) is 0. The molecule has 2 nitrogen and oxygen atoms in total. The Labute approximate surface area is 196 Å². The molecule has 158 valence electrons. The highest BCUT2D eigenvalue weighted by molar-refractivity contribution is 6.42. The molecule has 0 amide bonds. The Hall–Kier alpha value is -3.20. The lowest BCUT2D eigenvalue weighted by molar-refractivity contribution is 0.416. The highest BCUT2D eigenvalue weighted by Crippen LogP contribution is 2.50. The summed E-state index contributed by atoms with van der Waals surface area (Å²) in [5, 5.41) is 5.25. The second-order valence-electron chi connectivity index (χ2n) is 7.48. The molecule has 0 atom stereocenters. The van der Waals surface area contributed by atoms with Gasteiger partial charge in [-0.2, -0.15) is 0 Å². The minimum Gasteiger partial charge on any atom is -0.496 e. The number of ether oxygens (including phenoxy) is 2. The Bertz CT molecular complexity index is 1360. The molecule has 0 aromatic heterocycles. The van der Waals surface area contributed by atoms with Crippen LogP contribution in [0.4, 0.5) is 0 Å². The number of para-hydroxylation sites is 2. The second-order valence-corrected chi connectivity index (χ2v) is 8.29. The molecular formula is C28H20Cl2O2. The molecule has 0 saturated carbocycles. The van der Waals surface area contributed by atoms with Gasteiger partial charge in [-0.3, -0.25) is 0 Å². The molecule has 5 rings (SSSR count). The molecule has 5 aromatic rings. The molecule has 0 aliphatic heterocycles. The van der Waals surface area contributed by atoms with Crippen molar-refractivity contribution in [1.29, 1.82) is 0 Å². The first-order valence-electron chi connectivity index (χ1n) is 10.2. The third kappa shape index (κ3) is 3.19. The maximum atomic E-state index is 6.88. The minimum absolute atomic E-state index is 0.668. The van der Waals surface area contributed by atoms with Gasteiger partial charge in [0.25, 0.3) is 0 Å². The average Bonchev–Trinajstić information content (AvgIpc) is 2.83. The van der Waals surface area contributed by atoms with Crippen molar-refractivity contribution >= 4 is 44.7 Å². The van der Waals surface area contributed by atoms with Crippen LogP contribution < -0.4 is 9.47 Å². The summed E-state index contributed by atoms with van der Waals surface area (Å²) < 4.78 is 11.4. The van der Waals surface area contributed by atoms with Gasteiger partial charge in [-0.25, -0.2) is 0 Å². The summed E-state index contributed by atoms with van der Waals surface area (Å²) in [7, 11) is 3.36. The van der Waals surface area contributed by atoms with Gasteiger partial charge in [0.05, 0.1) is 14.2 Å². The van der Waals surface area contributed by atoms with E-state index >= 15 is 0 Å². The van der Waals surface area contributed by atoms with Crippen molar-refractivity contribution in [3.8, 4) is 33.8 Å². The van der Waals surface area contributed by atoms with Gasteiger partial charge in [0.1, 0.15) is 11.5 Å². The molecule has 0 radical (unpaired) electrons. The molecular weight excluding hydrogens is 439 g/mol. The first kappa shape index (κ1) is 20.7. The van der Waals surface area contributed by atoms with E-state index in [-0.39, 0.29) is 0 Å². The second kappa shape index (κ2) is 8.38. The molecule has 0 N–H and O–H groups in total. The molecule has 0 spiro atoms. The number of rotatable bonds is 4. The highest BCUT2D eigenvalue weighted by atomic mass is 35.5. The summed E-state index contributed by atoms with van der Waals surface area (Å²) >= 11 is 13.8. The number of benzene rings is 5. The molecule has 0 heterocycles. The number of halogens is 2. The molecule has 0 bridgehead atoms. The normalized spacial score (nSPS) is 11.1. The van der Waals surface area contributed by atoms with Crippen molar-refractivity contribution < 1.29 is 9.47 Å². The van der Waals surface area contributed by atoms with E-state index in [0.717, 1.165) is 55.3 Å². The van der Waals surface area contributed by atoms with Gasteiger partial charge in [-0.1, -0.05) is 83.9 Å². The Morgan fingerprint density at radius 1 is 0.500 bits per heavy atom. The minimum atomic E-state index is 0.668. The van der Waals surface area contributed by atoms with E-state index in [1.165, 1.54) is 0 Å². The zero-order valence-electron chi connectivity index (χ0n) is 17.7. The van der Waals surface area contributed by atoms with Crippen LogP contribution in [-0.4, -0.2) is 14.2 Å². The number of methoxy groups -OCH3 is 2. The summed E-state index contributed by atoms with van der Waals surface area (Å²) in [5.74, 6) is 1.56. The summed E-state index contributed by atoms with van der Waals surface area (Å²) in [6.45, 7) is 0. The zero-order chi connectivity index (χ0) is 22.2. The molecule has 32 heavy (non-hydrogen) atoms. The van der Waals surface area contributed by atoms with Crippen LogP contribution in [0, 0.1) is 0 Å². The largest absolute Gasteiger partial charge is 0.496 e. The van der Waals surface area contributed by atoms with E-state index in [0.29, 0.717) is 10.0 Å². The van der Waals surface area contributed by atoms with Gasteiger partial charge in [-0.05, 0) is 35.0 Å². The van der Waals surface area contributed by atoms with Gasteiger partial charge in [0, 0.05) is 43.1 Å². The standard InChI is InChI=1S/C28H20Cl2O2/c1-31-23-15-5-3-9-17(23)25-19-11-7-14-22(30)28(19)26(18-10-4-6-16-24(18)32-2)20-12-8-13-21(29)27(20)25/h3-16H,1-2H3. The third-order valence-corrected chi connectivity index (χ3v) is 6.45. The topological polar surface area (TPSA) is 18.5 Å². The number of fused-ring (bicyclic) bond motifs is 2. The maximum absolute atomic E-state index is 6.88. The summed E-state index contributed by atoms with van der Waals surface area (Å²) in [5.41, 5.74) is 3.93. The van der Waals surface area contributed by atoms with Gasteiger partial charge in [0.2, 0.25) is 0 Å². The maximum Gasteiger partial charge on any atom is 0.126 e. The lowest BCUT2D eigenvalue weighted by atomic mass is 9.85. The van der Waals surface area contributed by atoms with Crippen LogP contribution >= 0.6 is 23.2 Å². The zero-order valence-corrected chi connectivity index (χ0v) is 19.2. The number of hydrogen-bond donors (Lipinski definition) is 0. The Balaban J connectivity index is 2.09. The lowest BCUT2D eigenvalue weighted by Crippen LogP contribution is -1.95. The third-order valence-electron chi connectivity index (χ3n) is 5.82. The van der Waals surface area contributed by atoms with Crippen LogP contribution in [0.15, 0.2) is 84.9 Å². The van der Waals surface area contributed by atoms with E-state index in [1.807, 2.05) is 60.7 Å². The Kier molecular flexibility index (Phi) is 5.42. The quantitative estimate of drug-likeness (QED) is 0.250. The monoisotopic (exact) mass is 458 g/mol. The van der Waals surface area contributed by atoms with Crippen LogP contribution in [0.25, 0.3) is 43.8 Å². The van der Waals surface area contributed by atoms with Crippen molar-refractivity contribution in [3.05, 3.63) is 95.0 Å². The summed E-state index contributed by atoms with van der Waals surface area (Å²) in [4.78, 5) is 0. The molecule has 0 aliphatic carbocycles. The molecule has 0 aliphatic rings. The van der Waals surface area contributed by atoms with Crippen LogP contribution in [0.5, 0.6) is 11.5 Å². The fourth-order valence-corrected chi connectivity index (χ4v) is 5.04. The fraction of sp³-hybridized carbons (Fsp3) is 0.0714. The van der Waals surface area contributed by atoms with E-state index in [9.17, 15) is 0 Å². The van der Waals surface area contributed by atoms with Gasteiger partial charge in [0.15, 0.2) is 0 Å². The Morgan fingerprint density at radius 2 is 0.906 bits per heavy atom. The van der Waals surface area contributed by atoms with Crippen molar-refractivity contribution in [2.75, 3.05) is 14.2 Å². The SMILES string of the molecule is COc1ccccc1-c1c2cccc(Cl)c2c(-c2ccccc2OC)c2cccc(Cl)c12. The van der Waals surface area contributed by atoms with E-state index in [2.05, 4.69) is 24.3 Å². The Morgan fingerprint density at radius 3 is 1.31 bits per heavy atom. The predicted molar refractivity (Wildman–Crippen MR) is 135 cm³/mol. The van der Waals surface area contributed by atoms with Crippen molar-refractivity contribution in [2.45, 2.75) is 0 Å². The van der Waals surface area contributed by atoms with Gasteiger partial charge < -0.3 is 9.47 Å². The summed E-state index contributed by atoms with van der Waals surface area (Å²) in [6, 6.07) is 27.9. The molecule has 0 saturated heterocycles. The molecule has 0 fully saturated rings. The van der Waals surface area contributed by atoms with Crippen molar-refractivity contribution in [2.24, 2.45) is 0 Å². The van der Waals surface area contributed by atoms with Gasteiger partial charge in [-0.15, -0.1) is 0 Å². The van der Waals surface area contributed by atoms with Crippen molar-refractivity contribution in [3.63, 3.8) is 0 Å². The number of hydrogen-bond acceptors (Lipinski definition) is 2. The first-order chi connectivity index (χ1) is 15.7. The van der Waals surface area contributed by atoms with Gasteiger partial charge >= 0.3 is 0 Å². The van der Waals surface area contributed by atoms with E-state index in [1.54, 1.807) is 14.2 Å². The molecule has 4 heteroatoms. The van der Waals surface area contributed by atoms with Crippen LogP contribution in [0.3, 0.4) is 0 Å². The smallest absolute Gasteiger partial charge is 0.126 e. The molecule has 0 unspecified atom stereocenters. The molecule has 5 aromatic carbocycles. The van der Waals surface area contributed by atoms with E-state index < -0.39 is 0 Å². The fourth-order valence-electron chi connectivity index (χ4n) is 4.50. The van der Waals surface area contributed by atoms with E-state index in [4.69, 9.17) is 32.7 Å². The highest BCUT2D eigenvalue weighted by Gasteiger charge is 2.23. The first-order valence-corrected chi connectivity index (χ1v) is 11.0. The predicted octanol–water partition coefficient (Wildman–Crippen LogP) is 8.65. The van der Waals surface area contributed by atoms with Crippen LogP contribution in [-0.2, 0) is 0 Å². The lowest BCUT2D eigenvalue weighted by Gasteiger charge is -2.21. The van der Waals surface area contributed by atoms with Crippen LogP contribution in [0.1, 0.15) is 0 Å².